The first-order valence-corrected chi connectivity index (χ1v) is 7.05. The van der Waals surface area contributed by atoms with Gasteiger partial charge in [0.15, 0.2) is 5.96 Å². The Morgan fingerprint density at radius 3 is 2.71 bits per heavy atom. The highest BCUT2D eigenvalue weighted by Crippen LogP contribution is 2.33. The SMILES string of the molecule is COc1cccc(N2C(N)=NCC2c2ccc(Cl)cc2)c1. The number of methoxy groups -OCH3 is 1. The Labute approximate surface area is 128 Å². The summed E-state index contributed by atoms with van der Waals surface area (Å²) in [6.45, 7) is 0.630. The van der Waals surface area contributed by atoms with Gasteiger partial charge in [-0.3, -0.25) is 4.99 Å². The molecule has 0 saturated heterocycles. The molecule has 1 heterocycles. The van der Waals surface area contributed by atoms with Crippen molar-refractivity contribution in [2.75, 3.05) is 18.6 Å². The zero-order valence-electron chi connectivity index (χ0n) is 11.7. The van der Waals surface area contributed by atoms with E-state index < -0.39 is 0 Å². The van der Waals surface area contributed by atoms with E-state index >= 15 is 0 Å². The van der Waals surface area contributed by atoms with Crippen LogP contribution >= 0.6 is 11.6 Å². The zero-order valence-corrected chi connectivity index (χ0v) is 12.4. The number of halogens is 1. The predicted molar refractivity (Wildman–Crippen MR) is 86.2 cm³/mol. The minimum atomic E-state index is 0.0781. The molecular formula is C16H16ClN3O. The van der Waals surface area contributed by atoms with Crippen LogP contribution in [0.1, 0.15) is 11.6 Å². The van der Waals surface area contributed by atoms with Gasteiger partial charge in [-0.15, -0.1) is 0 Å². The van der Waals surface area contributed by atoms with E-state index in [1.54, 1.807) is 7.11 Å². The van der Waals surface area contributed by atoms with Crippen molar-refractivity contribution in [3.8, 4) is 5.75 Å². The minimum absolute atomic E-state index is 0.0781. The van der Waals surface area contributed by atoms with Gasteiger partial charge in [-0.25, -0.2) is 0 Å². The molecule has 0 amide bonds. The molecule has 4 nitrogen and oxygen atoms in total. The van der Waals surface area contributed by atoms with Crippen molar-refractivity contribution < 1.29 is 4.74 Å². The molecule has 2 N–H and O–H groups in total. The second kappa shape index (κ2) is 5.66. The Balaban J connectivity index is 1.97. The van der Waals surface area contributed by atoms with Crippen molar-refractivity contribution in [3.05, 3.63) is 59.1 Å². The van der Waals surface area contributed by atoms with Gasteiger partial charge in [-0.1, -0.05) is 29.8 Å². The second-order valence-corrected chi connectivity index (χ2v) is 5.27. The molecule has 2 aromatic carbocycles. The van der Waals surface area contributed by atoms with Crippen LogP contribution in [0.5, 0.6) is 5.75 Å². The molecule has 0 radical (unpaired) electrons. The van der Waals surface area contributed by atoms with Crippen molar-refractivity contribution in [1.29, 1.82) is 0 Å². The molecule has 0 fully saturated rings. The predicted octanol–water partition coefficient (Wildman–Crippen LogP) is 3.22. The summed E-state index contributed by atoms with van der Waals surface area (Å²) in [6, 6.07) is 15.7. The Hall–Kier alpha value is -2.20. The third-order valence-electron chi connectivity index (χ3n) is 3.57. The van der Waals surface area contributed by atoms with Gasteiger partial charge in [-0.2, -0.15) is 0 Å². The second-order valence-electron chi connectivity index (χ2n) is 4.84. The van der Waals surface area contributed by atoms with Crippen molar-refractivity contribution in [2.24, 2.45) is 10.7 Å². The van der Waals surface area contributed by atoms with E-state index in [1.165, 1.54) is 0 Å². The number of anilines is 1. The molecule has 1 aliphatic rings. The number of rotatable bonds is 3. The Morgan fingerprint density at radius 1 is 1.24 bits per heavy atom. The van der Waals surface area contributed by atoms with E-state index in [0.717, 1.165) is 22.0 Å². The first kappa shape index (κ1) is 13.8. The van der Waals surface area contributed by atoms with Crippen LogP contribution in [-0.4, -0.2) is 19.6 Å². The summed E-state index contributed by atoms with van der Waals surface area (Å²) in [5.41, 5.74) is 8.17. The van der Waals surface area contributed by atoms with Gasteiger partial charge in [0.2, 0.25) is 0 Å². The number of hydrogen-bond donors (Lipinski definition) is 1. The maximum Gasteiger partial charge on any atom is 0.196 e. The molecule has 1 atom stereocenters. The number of nitrogens with zero attached hydrogens (tertiary/aromatic N) is 2. The van der Waals surface area contributed by atoms with Gasteiger partial charge in [0.25, 0.3) is 0 Å². The Bertz CT molecular complexity index is 669. The lowest BCUT2D eigenvalue weighted by atomic mass is 10.1. The molecule has 2 aromatic rings. The number of nitrogens with two attached hydrogens (primary N) is 1. The van der Waals surface area contributed by atoms with Crippen LogP contribution in [0, 0.1) is 0 Å². The molecular weight excluding hydrogens is 286 g/mol. The summed E-state index contributed by atoms with van der Waals surface area (Å²) in [7, 11) is 1.65. The average Bonchev–Trinajstić information content (AvgIpc) is 2.90. The normalized spacial score (nSPS) is 17.7. The van der Waals surface area contributed by atoms with Crippen molar-refractivity contribution in [3.63, 3.8) is 0 Å². The fourth-order valence-electron chi connectivity index (χ4n) is 2.51. The van der Waals surface area contributed by atoms with Gasteiger partial charge in [0, 0.05) is 16.8 Å². The molecule has 0 aliphatic carbocycles. The first-order chi connectivity index (χ1) is 10.2. The minimum Gasteiger partial charge on any atom is -0.497 e. The zero-order chi connectivity index (χ0) is 14.8. The summed E-state index contributed by atoms with van der Waals surface area (Å²) < 4.78 is 5.28. The summed E-state index contributed by atoms with van der Waals surface area (Å²) in [4.78, 5) is 6.40. The molecule has 21 heavy (non-hydrogen) atoms. The van der Waals surface area contributed by atoms with E-state index in [9.17, 15) is 0 Å². The summed E-state index contributed by atoms with van der Waals surface area (Å²) in [5, 5.41) is 0.721. The van der Waals surface area contributed by atoms with Crippen LogP contribution < -0.4 is 15.4 Å². The van der Waals surface area contributed by atoms with Crippen LogP contribution in [0.4, 0.5) is 5.69 Å². The highest BCUT2D eigenvalue weighted by molar-refractivity contribution is 6.30. The van der Waals surface area contributed by atoms with Crippen molar-refractivity contribution in [1.82, 2.24) is 0 Å². The van der Waals surface area contributed by atoms with E-state index in [0.29, 0.717) is 12.5 Å². The van der Waals surface area contributed by atoms with Gasteiger partial charge in [0.05, 0.1) is 19.7 Å². The number of benzene rings is 2. The highest BCUT2D eigenvalue weighted by Gasteiger charge is 2.28. The number of hydrogen-bond acceptors (Lipinski definition) is 4. The summed E-state index contributed by atoms with van der Waals surface area (Å²) in [5.74, 6) is 1.31. The van der Waals surface area contributed by atoms with Crippen LogP contribution in [0.25, 0.3) is 0 Å². The number of ether oxygens (including phenoxy) is 1. The maximum atomic E-state index is 6.07. The monoisotopic (exact) mass is 301 g/mol. The van der Waals surface area contributed by atoms with E-state index in [2.05, 4.69) is 4.99 Å². The van der Waals surface area contributed by atoms with Gasteiger partial charge in [-0.05, 0) is 29.8 Å². The van der Waals surface area contributed by atoms with Crippen LogP contribution in [0.2, 0.25) is 5.02 Å². The standard InChI is InChI=1S/C16H16ClN3O/c1-21-14-4-2-3-13(9-14)20-15(10-19-16(20)18)11-5-7-12(17)8-6-11/h2-9,15H,10H2,1H3,(H2,18,19). The first-order valence-electron chi connectivity index (χ1n) is 6.67. The topological polar surface area (TPSA) is 50.9 Å². The van der Waals surface area contributed by atoms with Crippen molar-refractivity contribution in [2.45, 2.75) is 6.04 Å². The molecule has 108 valence electrons. The molecule has 1 unspecified atom stereocenters. The molecule has 1 aliphatic heterocycles. The lowest BCUT2D eigenvalue weighted by Crippen LogP contribution is -2.36. The van der Waals surface area contributed by atoms with Gasteiger partial charge in [0.1, 0.15) is 5.75 Å². The van der Waals surface area contributed by atoms with E-state index in [-0.39, 0.29) is 6.04 Å². The van der Waals surface area contributed by atoms with E-state index in [4.69, 9.17) is 22.1 Å². The smallest absolute Gasteiger partial charge is 0.196 e. The fourth-order valence-corrected chi connectivity index (χ4v) is 2.64. The van der Waals surface area contributed by atoms with Crippen LogP contribution in [0.3, 0.4) is 0 Å². The molecule has 5 heteroatoms. The molecule has 0 aromatic heterocycles. The third kappa shape index (κ3) is 2.67. The Kier molecular flexibility index (Phi) is 3.71. The fraction of sp³-hybridized carbons (Fsp3) is 0.188. The van der Waals surface area contributed by atoms with Gasteiger partial charge < -0.3 is 15.4 Å². The molecule has 0 spiro atoms. The lowest BCUT2D eigenvalue weighted by Gasteiger charge is -2.27. The highest BCUT2D eigenvalue weighted by atomic mass is 35.5. The lowest BCUT2D eigenvalue weighted by molar-refractivity contribution is 0.415. The number of aliphatic imine (C=N–C) groups is 1. The summed E-state index contributed by atoms with van der Waals surface area (Å²) >= 11 is 5.96. The van der Waals surface area contributed by atoms with Crippen LogP contribution in [0.15, 0.2) is 53.5 Å². The third-order valence-corrected chi connectivity index (χ3v) is 3.82. The van der Waals surface area contributed by atoms with Gasteiger partial charge >= 0.3 is 0 Å². The van der Waals surface area contributed by atoms with E-state index in [1.807, 2.05) is 53.4 Å². The largest absolute Gasteiger partial charge is 0.497 e. The maximum absolute atomic E-state index is 6.07. The molecule has 0 bridgehead atoms. The van der Waals surface area contributed by atoms with Crippen molar-refractivity contribution >= 4 is 23.2 Å². The molecule has 0 saturated carbocycles. The molecule has 3 rings (SSSR count). The van der Waals surface area contributed by atoms with Crippen LogP contribution in [-0.2, 0) is 0 Å². The Morgan fingerprint density at radius 2 is 2.00 bits per heavy atom. The average molecular weight is 302 g/mol. The number of guanidine groups is 1. The summed E-state index contributed by atoms with van der Waals surface area (Å²) in [6.07, 6.45) is 0. The quantitative estimate of drug-likeness (QED) is 0.947.